The summed E-state index contributed by atoms with van der Waals surface area (Å²) >= 11 is 0. The van der Waals surface area contributed by atoms with E-state index >= 15 is 0 Å². The summed E-state index contributed by atoms with van der Waals surface area (Å²) < 4.78 is 21.3. The molecule has 1 aliphatic rings. The van der Waals surface area contributed by atoms with E-state index in [2.05, 4.69) is 5.10 Å². The van der Waals surface area contributed by atoms with Crippen molar-refractivity contribution in [2.75, 3.05) is 7.05 Å². The van der Waals surface area contributed by atoms with E-state index in [0.29, 0.717) is 23.6 Å². The number of aryl methyl sites for hydroxylation is 1. The van der Waals surface area contributed by atoms with Gasteiger partial charge in [-0.25, -0.2) is 13.9 Å². The first kappa shape index (κ1) is 18.9. The lowest BCUT2D eigenvalue weighted by atomic mass is 10.2. The van der Waals surface area contributed by atoms with Crippen LogP contribution in [-0.2, 0) is 19.4 Å². The molecule has 0 aliphatic heterocycles. The third kappa shape index (κ3) is 3.30. The fourth-order valence-corrected chi connectivity index (χ4v) is 3.75. The Kier molecular flexibility index (Phi) is 4.70. The van der Waals surface area contributed by atoms with E-state index in [-0.39, 0.29) is 23.8 Å². The van der Waals surface area contributed by atoms with Gasteiger partial charge in [-0.15, -0.1) is 0 Å². The molecule has 4 rings (SSSR count). The summed E-state index contributed by atoms with van der Waals surface area (Å²) in [5, 5.41) is 13.6. The van der Waals surface area contributed by atoms with Gasteiger partial charge in [0, 0.05) is 18.3 Å². The molecule has 0 spiro atoms. The Bertz CT molecular complexity index is 1120. The van der Waals surface area contributed by atoms with Gasteiger partial charge in [0.15, 0.2) is 5.69 Å². The minimum Gasteiger partial charge on any atom is -0.478 e. The molecule has 29 heavy (non-hydrogen) atoms. The highest BCUT2D eigenvalue weighted by molar-refractivity contribution is 5.94. The van der Waals surface area contributed by atoms with Crippen molar-refractivity contribution in [3.05, 3.63) is 70.2 Å². The Morgan fingerprint density at radius 3 is 2.76 bits per heavy atom. The number of aromatic carboxylic acids is 1. The molecule has 7 nitrogen and oxygen atoms in total. The van der Waals surface area contributed by atoms with Crippen LogP contribution in [0.25, 0.3) is 5.69 Å². The first-order chi connectivity index (χ1) is 13.9. The topological polar surface area (TPSA) is 88.6 Å². The molecule has 0 radical (unpaired) electrons. The summed E-state index contributed by atoms with van der Waals surface area (Å²) in [4.78, 5) is 25.7. The summed E-state index contributed by atoms with van der Waals surface area (Å²) in [6.07, 6.45) is 2.32. The summed E-state index contributed by atoms with van der Waals surface area (Å²) in [5.74, 6) is -1.12. The van der Waals surface area contributed by atoms with E-state index in [1.807, 2.05) is 0 Å². The molecule has 0 unspecified atom stereocenters. The summed E-state index contributed by atoms with van der Waals surface area (Å²) in [7, 11) is 1.60. The number of carboxylic acid groups (broad SMARTS) is 1. The Hall–Kier alpha value is -3.42. The van der Waals surface area contributed by atoms with Crippen molar-refractivity contribution in [2.24, 2.45) is 0 Å². The summed E-state index contributed by atoms with van der Waals surface area (Å²) in [6, 6.07) is 7.76. The quantitative estimate of drug-likeness (QED) is 0.713. The molecule has 0 saturated heterocycles. The van der Waals surface area contributed by atoms with Gasteiger partial charge in [0.05, 0.1) is 6.54 Å². The third-order valence-electron chi connectivity index (χ3n) is 5.15. The zero-order valence-corrected chi connectivity index (χ0v) is 16.1. The van der Waals surface area contributed by atoms with Crippen LogP contribution >= 0.6 is 0 Å². The molecule has 3 aromatic rings. The zero-order chi connectivity index (χ0) is 20.7. The van der Waals surface area contributed by atoms with E-state index < -0.39 is 11.8 Å². The van der Waals surface area contributed by atoms with Gasteiger partial charge in [0.2, 0.25) is 0 Å². The highest BCUT2D eigenvalue weighted by atomic mass is 19.1. The van der Waals surface area contributed by atoms with Crippen LogP contribution in [0.3, 0.4) is 0 Å². The van der Waals surface area contributed by atoms with E-state index in [1.165, 1.54) is 21.7 Å². The van der Waals surface area contributed by atoms with Gasteiger partial charge in [-0.2, -0.15) is 5.10 Å². The fourth-order valence-electron chi connectivity index (χ4n) is 3.75. The van der Waals surface area contributed by atoms with Crippen molar-refractivity contribution in [3.63, 3.8) is 0 Å². The molecule has 2 heterocycles. The van der Waals surface area contributed by atoms with Crippen LogP contribution in [0.2, 0.25) is 0 Å². The van der Waals surface area contributed by atoms with Gasteiger partial charge >= 0.3 is 5.97 Å². The number of nitrogens with zero attached hydrogens (tertiary/aromatic N) is 3. The lowest BCUT2D eigenvalue weighted by molar-refractivity contribution is 0.0694. The second-order valence-corrected chi connectivity index (χ2v) is 7.14. The maximum atomic E-state index is 14.3. The standard InChI is InChI=1S/C21H20FN3O4/c1-12-15(21(27)28)10-13(29-12)11-24(2)20(26)19-14-6-5-9-17(14)25(23-19)18-8-4-3-7-16(18)22/h3-4,7-8,10H,5-6,9,11H2,1-2H3,(H,27,28). The molecule has 0 atom stereocenters. The Labute approximate surface area is 166 Å². The fraction of sp³-hybridized carbons (Fsp3) is 0.286. The summed E-state index contributed by atoms with van der Waals surface area (Å²) in [6.45, 7) is 1.67. The molecule has 1 aliphatic carbocycles. The van der Waals surface area contributed by atoms with Crippen molar-refractivity contribution >= 4 is 11.9 Å². The van der Waals surface area contributed by atoms with Crippen LogP contribution in [-0.4, -0.2) is 38.7 Å². The molecular weight excluding hydrogens is 377 g/mol. The molecule has 150 valence electrons. The van der Waals surface area contributed by atoms with Crippen LogP contribution in [0.5, 0.6) is 0 Å². The van der Waals surface area contributed by atoms with Crippen molar-refractivity contribution < 1.29 is 23.5 Å². The number of aromatic nitrogens is 2. The Morgan fingerprint density at radius 2 is 2.07 bits per heavy atom. The smallest absolute Gasteiger partial charge is 0.339 e. The predicted molar refractivity (Wildman–Crippen MR) is 102 cm³/mol. The van der Waals surface area contributed by atoms with E-state index in [9.17, 15) is 14.0 Å². The van der Waals surface area contributed by atoms with Crippen LogP contribution < -0.4 is 0 Å². The Balaban J connectivity index is 1.64. The number of hydrogen-bond acceptors (Lipinski definition) is 4. The number of fused-ring (bicyclic) bond motifs is 1. The lowest BCUT2D eigenvalue weighted by Crippen LogP contribution is -2.27. The lowest BCUT2D eigenvalue weighted by Gasteiger charge is -2.15. The van der Waals surface area contributed by atoms with Gasteiger partial charge in [-0.05, 0) is 44.4 Å². The van der Waals surface area contributed by atoms with E-state index in [0.717, 1.165) is 24.1 Å². The number of para-hydroxylation sites is 1. The second-order valence-electron chi connectivity index (χ2n) is 7.14. The first-order valence-electron chi connectivity index (χ1n) is 9.30. The maximum Gasteiger partial charge on any atom is 0.339 e. The van der Waals surface area contributed by atoms with Crippen LogP contribution in [0, 0.1) is 12.7 Å². The van der Waals surface area contributed by atoms with Crippen molar-refractivity contribution in [2.45, 2.75) is 32.7 Å². The molecule has 1 amide bonds. The number of carboxylic acids is 1. The SMILES string of the molecule is Cc1oc(CN(C)C(=O)c2nn(-c3ccccc3F)c3c2CCC3)cc1C(=O)O. The monoisotopic (exact) mass is 397 g/mol. The average Bonchev–Trinajstić information content (AvgIpc) is 3.37. The molecule has 0 saturated carbocycles. The van der Waals surface area contributed by atoms with E-state index in [1.54, 1.807) is 32.2 Å². The van der Waals surface area contributed by atoms with Crippen LogP contribution in [0.4, 0.5) is 4.39 Å². The van der Waals surface area contributed by atoms with Crippen molar-refractivity contribution in [1.82, 2.24) is 14.7 Å². The van der Waals surface area contributed by atoms with Crippen LogP contribution in [0.15, 0.2) is 34.7 Å². The van der Waals surface area contributed by atoms with Gasteiger partial charge < -0.3 is 14.4 Å². The van der Waals surface area contributed by atoms with Crippen molar-refractivity contribution in [1.29, 1.82) is 0 Å². The predicted octanol–water partition coefficient (Wildman–Crippen LogP) is 3.37. The summed E-state index contributed by atoms with van der Waals surface area (Å²) in [5.41, 5.74) is 2.39. The van der Waals surface area contributed by atoms with Crippen molar-refractivity contribution in [3.8, 4) is 5.69 Å². The number of rotatable bonds is 5. The molecule has 8 heteroatoms. The van der Waals surface area contributed by atoms with Gasteiger partial charge in [0.1, 0.15) is 28.6 Å². The number of carbonyl (C=O) groups is 2. The highest BCUT2D eigenvalue weighted by Gasteiger charge is 2.29. The molecule has 1 N–H and O–H groups in total. The number of benzene rings is 1. The van der Waals surface area contributed by atoms with Crippen LogP contribution in [0.1, 0.15) is 50.0 Å². The number of carbonyl (C=O) groups excluding carboxylic acids is 1. The number of hydrogen-bond donors (Lipinski definition) is 1. The average molecular weight is 397 g/mol. The normalized spacial score (nSPS) is 12.8. The zero-order valence-electron chi connectivity index (χ0n) is 16.1. The number of amides is 1. The highest BCUT2D eigenvalue weighted by Crippen LogP contribution is 2.29. The molecule has 0 bridgehead atoms. The minimum atomic E-state index is -1.08. The van der Waals surface area contributed by atoms with Gasteiger partial charge in [-0.3, -0.25) is 4.79 Å². The molecule has 1 aromatic carbocycles. The number of halogens is 1. The van der Waals surface area contributed by atoms with E-state index in [4.69, 9.17) is 9.52 Å². The maximum absolute atomic E-state index is 14.3. The largest absolute Gasteiger partial charge is 0.478 e. The molecule has 2 aromatic heterocycles. The van der Waals surface area contributed by atoms with Gasteiger partial charge in [0.25, 0.3) is 5.91 Å². The Morgan fingerprint density at radius 1 is 1.31 bits per heavy atom. The molecule has 0 fully saturated rings. The second kappa shape index (κ2) is 7.20. The molecular formula is C21H20FN3O4. The number of furan rings is 1. The van der Waals surface area contributed by atoms with Gasteiger partial charge in [-0.1, -0.05) is 12.1 Å². The minimum absolute atomic E-state index is 0.0746. The third-order valence-corrected chi connectivity index (χ3v) is 5.15. The first-order valence-corrected chi connectivity index (χ1v) is 9.30.